The van der Waals surface area contributed by atoms with E-state index >= 15 is 0 Å². The normalized spacial score (nSPS) is 15.2. The lowest BCUT2D eigenvalue weighted by Gasteiger charge is -2.36. The summed E-state index contributed by atoms with van der Waals surface area (Å²) in [5, 5.41) is 11.7. The van der Waals surface area contributed by atoms with E-state index in [2.05, 4.69) is 0 Å². The number of aliphatic carboxylic acids is 1. The molecule has 3 aromatic rings. The SMILES string of the molecule is O=C(O)COc1ccc(Cl)cc1C1c2ccccc2CCN1OC(=O)OCc1c(Cl)cccc1Cl. The standard InChI is InChI=1S/C25H20Cl3NO6/c26-16-8-9-22(33-14-23(30)31)18(12-16)24-17-5-2-1-4-15(17)10-11-29(24)35-25(32)34-13-19-20(27)6-3-7-21(19)28/h1-9,12,24H,10-11,13-14H2,(H,30,31). The van der Waals surface area contributed by atoms with Gasteiger partial charge in [0, 0.05) is 32.7 Å². The summed E-state index contributed by atoms with van der Waals surface area (Å²) in [5.41, 5.74) is 2.93. The van der Waals surface area contributed by atoms with Crippen LogP contribution in [-0.2, 0) is 27.4 Å². The maximum Gasteiger partial charge on any atom is 0.528 e. The van der Waals surface area contributed by atoms with Crippen LogP contribution in [0.5, 0.6) is 5.75 Å². The smallest absolute Gasteiger partial charge is 0.482 e. The van der Waals surface area contributed by atoms with Gasteiger partial charge in [0.25, 0.3) is 0 Å². The number of carboxylic acid groups (broad SMARTS) is 1. The Morgan fingerprint density at radius 2 is 1.71 bits per heavy atom. The average molecular weight is 537 g/mol. The number of carbonyl (C=O) groups is 2. The maximum atomic E-state index is 12.7. The highest BCUT2D eigenvalue weighted by molar-refractivity contribution is 6.36. The molecule has 7 nitrogen and oxygen atoms in total. The minimum Gasteiger partial charge on any atom is -0.482 e. The van der Waals surface area contributed by atoms with Gasteiger partial charge < -0.3 is 19.4 Å². The Labute approximate surface area is 216 Å². The number of fused-ring (bicyclic) bond motifs is 1. The first kappa shape index (κ1) is 25.1. The van der Waals surface area contributed by atoms with E-state index in [1.165, 1.54) is 5.06 Å². The molecule has 0 fully saturated rings. The number of nitrogens with zero attached hydrogens (tertiary/aromatic N) is 1. The lowest BCUT2D eigenvalue weighted by molar-refractivity contribution is -0.152. The van der Waals surface area contributed by atoms with Crippen LogP contribution in [0.1, 0.15) is 28.3 Å². The number of hydrogen-bond acceptors (Lipinski definition) is 6. The molecule has 10 heteroatoms. The molecule has 1 aliphatic heterocycles. The van der Waals surface area contributed by atoms with Gasteiger partial charge >= 0.3 is 12.1 Å². The predicted molar refractivity (Wildman–Crippen MR) is 131 cm³/mol. The molecule has 1 atom stereocenters. The number of hydrogen-bond donors (Lipinski definition) is 1. The molecule has 0 aliphatic carbocycles. The van der Waals surface area contributed by atoms with E-state index in [0.29, 0.717) is 44.9 Å². The molecule has 1 heterocycles. The van der Waals surface area contributed by atoms with Crippen molar-refractivity contribution in [1.29, 1.82) is 0 Å². The quantitative estimate of drug-likeness (QED) is 0.353. The van der Waals surface area contributed by atoms with Gasteiger partial charge in [-0.3, -0.25) is 0 Å². The first-order valence-corrected chi connectivity index (χ1v) is 11.7. The third-order valence-electron chi connectivity index (χ3n) is 5.44. The van der Waals surface area contributed by atoms with E-state index in [-0.39, 0.29) is 6.61 Å². The zero-order valence-electron chi connectivity index (χ0n) is 18.2. The van der Waals surface area contributed by atoms with Gasteiger partial charge in [-0.2, -0.15) is 0 Å². The van der Waals surface area contributed by atoms with Crippen molar-refractivity contribution in [2.75, 3.05) is 13.2 Å². The zero-order chi connectivity index (χ0) is 24.9. The zero-order valence-corrected chi connectivity index (χ0v) is 20.5. The number of carbonyl (C=O) groups excluding carboxylic acids is 1. The van der Waals surface area contributed by atoms with Gasteiger partial charge in [0.1, 0.15) is 12.4 Å². The fourth-order valence-corrected chi connectivity index (χ4v) is 4.58. The van der Waals surface area contributed by atoms with Crippen LogP contribution in [0.3, 0.4) is 0 Å². The predicted octanol–water partition coefficient (Wildman–Crippen LogP) is 6.33. The Morgan fingerprint density at radius 1 is 0.971 bits per heavy atom. The van der Waals surface area contributed by atoms with Crippen LogP contribution in [-0.4, -0.2) is 35.4 Å². The van der Waals surface area contributed by atoms with Crippen molar-refractivity contribution in [3.05, 3.63) is 98.0 Å². The molecule has 3 aromatic carbocycles. The molecular formula is C25H20Cl3NO6. The van der Waals surface area contributed by atoms with Crippen LogP contribution in [0.2, 0.25) is 15.1 Å². The van der Waals surface area contributed by atoms with Crippen LogP contribution >= 0.6 is 34.8 Å². The number of ether oxygens (including phenoxy) is 2. The summed E-state index contributed by atoms with van der Waals surface area (Å²) < 4.78 is 10.8. The number of rotatable bonds is 7. The van der Waals surface area contributed by atoms with E-state index in [9.17, 15) is 9.59 Å². The van der Waals surface area contributed by atoms with Crippen LogP contribution in [0, 0.1) is 0 Å². The summed E-state index contributed by atoms with van der Waals surface area (Å²) in [6, 6.07) is 16.9. The van der Waals surface area contributed by atoms with E-state index in [4.69, 9.17) is 54.2 Å². The maximum absolute atomic E-state index is 12.7. The van der Waals surface area contributed by atoms with Crippen molar-refractivity contribution in [3.63, 3.8) is 0 Å². The molecule has 0 radical (unpaired) electrons. The van der Waals surface area contributed by atoms with Crippen LogP contribution in [0.4, 0.5) is 4.79 Å². The summed E-state index contributed by atoms with van der Waals surface area (Å²) in [6.07, 6.45) is -0.331. The van der Waals surface area contributed by atoms with Gasteiger partial charge in [-0.25, -0.2) is 9.59 Å². The number of hydroxylamine groups is 2. The topological polar surface area (TPSA) is 85.3 Å². The van der Waals surface area contributed by atoms with Crippen molar-refractivity contribution in [2.45, 2.75) is 19.1 Å². The summed E-state index contributed by atoms with van der Waals surface area (Å²) in [6.45, 7) is -0.352. The molecule has 1 unspecified atom stereocenters. The molecule has 0 aromatic heterocycles. The average Bonchev–Trinajstić information content (AvgIpc) is 2.82. The van der Waals surface area contributed by atoms with Gasteiger partial charge in [0.2, 0.25) is 0 Å². The summed E-state index contributed by atoms with van der Waals surface area (Å²) in [5.74, 6) is -0.812. The van der Waals surface area contributed by atoms with E-state index in [1.807, 2.05) is 24.3 Å². The Balaban J connectivity index is 1.62. The fourth-order valence-electron chi connectivity index (χ4n) is 3.89. The molecule has 0 spiro atoms. The number of carboxylic acids is 1. The van der Waals surface area contributed by atoms with Gasteiger partial charge in [-0.15, -0.1) is 5.06 Å². The highest BCUT2D eigenvalue weighted by atomic mass is 35.5. The lowest BCUT2D eigenvalue weighted by Crippen LogP contribution is -2.38. The van der Waals surface area contributed by atoms with Crippen molar-refractivity contribution in [1.82, 2.24) is 5.06 Å². The van der Waals surface area contributed by atoms with Crippen molar-refractivity contribution < 1.29 is 29.0 Å². The van der Waals surface area contributed by atoms with Gasteiger partial charge in [0.05, 0.1) is 6.04 Å². The van der Waals surface area contributed by atoms with Crippen molar-refractivity contribution in [2.24, 2.45) is 0 Å². The molecule has 1 aliphatic rings. The minimum atomic E-state index is -1.12. The monoisotopic (exact) mass is 535 g/mol. The van der Waals surface area contributed by atoms with Crippen molar-refractivity contribution in [3.8, 4) is 5.75 Å². The van der Waals surface area contributed by atoms with Crippen LogP contribution in [0.15, 0.2) is 60.7 Å². The Morgan fingerprint density at radius 3 is 2.46 bits per heavy atom. The van der Waals surface area contributed by atoms with E-state index in [1.54, 1.807) is 36.4 Å². The molecule has 4 rings (SSSR count). The second kappa shape index (κ2) is 11.2. The molecule has 0 saturated carbocycles. The van der Waals surface area contributed by atoms with Gasteiger partial charge in [0.15, 0.2) is 6.61 Å². The first-order valence-electron chi connectivity index (χ1n) is 10.6. The Hall–Kier alpha value is -2.97. The lowest BCUT2D eigenvalue weighted by atomic mass is 9.89. The third-order valence-corrected chi connectivity index (χ3v) is 6.39. The third kappa shape index (κ3) is 6.00. The molecule has 182 valence electrons. The van der Waals surface area contributed by atoms with Crippen LogP contribution < -0.4 is 4.74 Å². The molecular weight excluding hydrogens is 517 g/mol. The highest BCUT2D eigenvalue weighted by Crippen LogP contribution is 2.40. The van der Waals surface area contributed by atoms with Gasteiger partial charge in [-0.05, 0) is 47.9 Å². The molecule has 0 bridgehead atoms. The van der Waals surface area contributed by atoms with Gasteiger partial charge in [-0.1, -0.05) is 65.1 Å². The van der Waals surface area contributed by atoms with Crippen LogP contribution in [0.25, 0.3) is 0 Å². The summed E-state index contributed by atoms with van der Waals surface area (Å²) >= 11 is 18.6. The summed E-state index contributed by atoms with van der Waals surface area (Å²) in [7, 11) is 0. The Kier molecular flexibility index (Phi) is 8.03. The largest absolute Gasteiger partial charge is 0.528 e. The number of halogens is 3. The molecule has 35 heavy (non-hydrogen) atoms. The fraction of sp³-hybridized carbons (Fsp3) is 0.200. The first-order chi connectivity index (χ1) is 16.8. The highest BCUT2D eigenvalue weighted by Gasteiger charge is 2.34. The van der Waals surface area contributed by atoms with E-state index in [0.717, 1.165) is 11.1 Å². The molecule has 1 N–H and O–H groups in total. The second-order valence-electron chi connectivity index (χ2n) is 7.69. The minimum absolute atomic E-state index is 0.170. The second-order valence-corrected chi connectivity index (χ2v) is 8.94. The summed E-state index contributed by atoms with van der Waals surface area (Å²) in [4.78, 5) is 29.4. The molecule has 0 saturated heterocycles. The molecule has 0 amide bonds. The Bertz CT molecular complexity index is 1230. The van der Waals surface area contributed by atoms with Crippen molar-refractivity contribution >= 4 is 46.9 Å². The number of benzene rings is 3. The van der Waals surface area contributed by atoms with E-state index < -0.39 is 24.8 Å².